The average molecular weight is 1480 g/mol. The van der Waals surface area contributed by atoms with Gasteiger partial charge in [0, 0.05) is 54.0 Å². The van der Waals surface area contributed by atoms with Crippen LogP contribution in [0.5, 0.6) is 11.5 Å². The maximum Gasteiger partial charge on any atom is 0.268 e. The first kappa shape index (κ1) is 46.8. The number of benzene rings is 12. The van der Waals surface area contributed by atoms with Crippen molar-refractivity contribution in [1.29, 1.82) is 0 Å². The normalized spacial score (nSPS) is 14.8. The predicted molar refractivity (Wildman–Crippen MR) is 406 cm³/mol. The van der Waals surface area contributed by atoms with Gasteiger partial charge < -0.3 is 13.9 Å². The molecule has 0 fully saturated rings. The van der Waals surface area contributed by atoms with E-state index in [9.17, 15) is 5.48 Å². The van der Waals surface area contributed by atoms with E-state index in [1.54, 1.807) is 74.4 Å². The van der Waals surface area contributed by atoms with Crippen LogP contribution in [0.3, 0.4) is 0 Å². The third-order valence-electron chi connectivity index (χ3n) is 18.2. The minimum absolute atomic E-state index is 0. The van der Waals surface area contributed by atoms with Gasteiger partial charge in [-0.15, -0.1) is 29.7 Å². The van der Waals surface area contributed by atoms with Crippen molar-refractivity contribution in [1.82, 2.24) is 14.1 Å². The van der Waals surface area contributed by atoms with E-state index in [0.717, 1.165) is 16.5 Å². The summed E-state index contributed by atoms with van der Waals surface area (Å²) in [6.45, 7) is 17.4. The third-order valence-corrected chi connectivity index (χ3v) is 23.0. The summed E-state index contributed by atoms with van der Waals surface area (Å²) in [4.78, 5) is 4.89. The first-order valence-electron chi connectivity index (χ1n) is 41.3. The quantitative estimate of drug-likeness (QED) is 0.0499. The van der Waals surface area contributed by atoms with E-state index < -0.39 is 106 Å². The topological polar surface area (TPSA) is 35.9 Å². The van der Waals surface area contributed by atoms with E-state index >= 15 is 0 Å². The Morgan fingerprint density at radius 3 is 1.53 bits per heavy atom. The monoisotopic (exact) mass is 1480 g/mol. The molecule has 0 radical (unpaired) electrons. The Morgan fingerprint density at radius 1 is 0.449 bits per heavy atom. The van der Waals surface area contributed by atoms with Crippen LogP contribution in [0.4, 0.5) is 0 Å². The number of nitrogens with zero attached hydrogens (tertiary/aromatic N) is 4. The zero-order chi connectivity index (χ0) is 82.4. The molecule has 0 saturated carbocycles. The number of para-hydroxylation sites is 3. The van der Waals surface area contributed by atoms with Crippen molar-refractivity contribution in [3.05, 3.63) is 332 Å². The molecule has 12 aromatic carbocycles. The number of aryl methyl sites for hydroxylation is 1. The minimum atomic E-state index is -3.21. The Morgan fingerprint density at radius 2 is 0.969 bits per heavy atom. The van der Waals surface area contributed by atoms with Crippen LogP contribution in [0.25, 0.3) is 94.5 Å². The average Bonchev–Trinajstić information content (AvgIpc) is 0.976. The van der Waals surface area contributed by atoms with Crippen molar-refractivity contribution in [2.75, 3.05) is 0 Å². The second-order valence-corrected chi connectivity index (χ2v) is 31.3. The maximum absolute atomic E-state index is 9.18. The van der Waals surface area contributed by atoms with Crippen molar-refractivity contribution in [2.24, 2.45) is 0 Å². The Hall–Kier alpha value is -10.2. The SMILES string of the molecule is [2H]c1c([2H])c([2H])c(-c2cnc(-n3c4[c-]c(Oc5[c-]c(-n6[c-][n+](-c7c(-c8c([2H])c([2H])c([2H])c([2H])c8[2H])cccc7-c7c([2H])c([2H])c([2H])c([2H])c7[2H])c7ccccc76)ccc5)ccc4c4cc(-c5ccc([Si](c6cccc(C(C)(C)C)c6)(c6cccc(C(C)(C)C)c6)c6cccc(C(C)(C)C)c6)cc5)ccc43)cc2C([2H])([2H])[2H])c([2H])c1[2H].[Pt]. The van der Waals surface area contributed by atoms with E-state index in [1.165, 1.54) is 55.8 Å². The number of hydrogen-bond donors (Lipinski definition) is 0. The second-order valence-electron chi connectivity index (χ2n) is 27.5. The van der Waals surface area contributed by atoms with E-state index in [2.05, 4.69) is 184 Å². The van der Waals surface area contributed by atoms with Crippen LogP contribution >= 0.6 is 0 Å². The summed E-state index contributed by atoms with van der Waals surface area (Å²) in [6.07, 6.45) is 4.63. The van der Waals surface area contributed by atoms with Gasteiger partial charge >= 0.3 is 0 Å². The summed E-state index contributed by atoms with van der Waals surface area (Å²) in [5.41, 5.74) is 6.33. The molecule has 0 aliphatic heterocycles. The van der Waals surface area contributed by atoms with Crippen LogP contribution in [-0.4, -0.2) is 22.2 Å². The molecule has 15 aromatic rings. The maximum atomic E-state index is 9.18. The van der Waals surface area contributed by atoms with Gasteiger partial charge in [-0.3, -0.25) is 4.57 Å². The molecule has 0 spiro atoms. The molecule has 5 nitrogen and oxygen atoms in total. The van der Waals surface area contributed by atoms with Crippen molar-refractivity contribution < 1.29 is 55.0 Å². The molecule has 7 heteroatoms. The molecule has 0 saturated heterocycles. The van der Waals surface area contributed by atoms with Crippen LogP contribution in [0.15, 0.2) is 291 Å². The van der Waals surface area contributed by atoms with Gasteiger partial charge in [-0.1, -0.05) is 310 Å². The van der Waals surface area contributed by atoms with Crippen LogP contribution < -0.4 is 30.1 Å². The summed E-state index contributed by atoms with van der Waals surface area (Å²) >= 11 is 0. The Labute approximate surface area is 618 Å². The van der Waals surface area contributed by atoms with Gasteiger partial charge in [-0.2, -0.15) is 18.2 Å². The number of imidazole rings is 1. The molecule has 0 bridgehead atoms. The summed E-state index contributed by atoms with van der Waals surface area (Å²) in [5.74, 6) is 0.471. The first-order chi connectivity index (χ1) is 54.3. The molecule has 0 N–H and O–H groups in total. The molecular weight excluding hydrogens is 1390 g/mol. The van der Waals surface area contributed by atoms with Gasteiger partial charge in [-0.25, -0.2) is 4.98 Å². The Bertz CT molecular complexity index is 6220. The summed E-state index contributed by atoms with van der Waals surface area (Å²) in [5, 5.41) is 6.35. The van der Waals surface area contributed by atoms with Gasteiger partial charge in [0.15, 0.2) is 8.07 Å². The molecule has 15 rings (SSSR count). The number of fused-ring (bicyclic) bond motifs is 4. The fourth-order valence-corrected chi connectivity index (χ4v) is 18.0. The standard InChI is InChI=1S/C91H78N4OSi.Pt/c1-62-53-87(92-60-82(62)66-31-18-13-19-32-66)95-83-52-47-67(63-45-49-74(50-46-63)97(75-38-22-33-68(55-75)89(2,3)4,76-39-23-34-69(56-76)90(5,6)7)77-40-24-35-70(57-77)91(8,9)10)54-81(83)80-51-48-73(59-86(80)95)96-72-37-25-36-71(58-72)93-61-94(85-44-21-20-43-84(85)93)88-78(64-27-14-11-15-28-64)41-26-42-79(88)65-29-16-12-17-30-65;/h11-57,60H,1-10H3;/q-2;/i1D3,11D,12D,13D,14D,15D,16D,17D,18D,19D,27D,28D,29D,30D,31D,32D;. The zero-order valence-electron chi connectivity index (χ0n) is 73.6. The number of aromatic nitrogens is 4. The van der Waals surface area contributed by atoms with Gasteiger partial charge in [-0.05, 0) is 128 Å². The minimum Gasteiger partial charge on any atom is -0.510 e. The fraction of sp³-hybridized carbons (Fsp3) is 0.143. The molecule has 3 aromatic heterocycles. The van der Waals surface area contributed by atoms with Crippen molar-refractivity contribution in [3.8, 4) is 73.2 Å². The number of rotatable bonds is 13. The smallest absolute Gasteiger partial charge is 0.268 e. The van der Waals surface area contributed by atoms with E-state index in [-0.39, 0.29) is 99.3 Å². The molecule has 0 aliphatic carbocycles. The summed E-state index contributed by atoms with van der Waals surface area (Å²) in [6, 6.07) is 62.3. The van der Waals surface area contributed by atoms with Gasteiger partial charge in [0.2, 0.25) is 0 Å². The van der Waals surface area contributed by atoms with E-state index in [4.69, 9.17) is 28.9 Å². The molecule has 3 heterocycles. The van der Waals surface area contributed by atoms with Gasteiger partial charge in [0.1, 0.15) is 5.82 Å². The largest absolute Gasteiger partial charge is 0.510 e. The number of hydrogen-bond acceptors (Lipinski definition) is 2. The van der Waals surface area contributed by atoms with Gasteiger partial charge in [0.25, 0.3) is 6.33 Å². The molecule has 484 valence electrons. The first-order valence-corrected chi connectivity index (χ1v) is 34.3. The van der Waals surface area contributed by atoms with Crippen LogP contribution in [-0.2, 0) is 37.3 Å². The van der Waals surface area contributed by atoms with E-state index in [0.29, 0.717) is 33.1 Å². The van der Waals surface area contributed by atoms with Gasteiger partial charge in [0.05, 0.1) is 37.3 Å². The predicted octanol–water partition coefficient (Wildman–Crippen LogP) is 19.8. The zero-order valence-corrected chi connectivity index (χ0v) is 58.8. The number of ether oxygens (including phenoxy) is 1. The van der Waals surface area contributed by atoms with Crippen LogP contribution in [0.1, 0.15) is 109 Å². The van der Waals surface area contributed by atoms with Crippen LogP contribution in [0, 0.1) is 25.3 Å². The molecule has 0 aliphatic rings. The molecule has 98 heavy (non-hydrogen) atoms. The van der Waals surface area contributed by atoms with Crippen LogP contribution in [0.2, 0.25) is 0 Å². The molecule has 0 unspecified atom stereocenters. The summed E-state index contributed by atoms with van der Waals surface area (Å²) in [7, 11) is -3.21. The Balaban J connectivity index is 0.0000111. The van der Waals surface area contributed by atoms with E-state index in [1.807, 2.05) is 18.2 Å². The second kappa shape index (κ2) is 26.0. The molecule has 0 atom stereocenters. The molecular formula is C91H78N4OPtSi-2. The third kappa shape index (κ3) is 12.1. The summed E-state index contributed by atoms with van der Waals surface area (Å²) < 4.78 is 171. The fourth-order valence-electron chi connectivity index (χ4n) is 13.2. The van der Waals surface area contributed by atoms with Crippen molar-refractivity contribution in [2.45, 2.75) is 85.4 Å². The van der Waals surface area contributed by atoms with Crippen molar-refractivity contribution in [3.63, 3.8) is 0 Å². The van der Waals surface area contributed by atoms with Crippen molar-refractivity contribution >= 4 is 61.7 Å². The number of pyridine rings is 1. The Kier molecular flexibility index (Phi) is 12.4. The molecule has 0 amide bonds.